The van der Waals surface area contributed by atoms with Gasteiger partial charge in [0.1, 0.15) is 0 Å². The standard InChI is InChI=1S/C11H15N3OS.ClH/c12-11(5-6-11)9(15)14-10-13-7-3-1-2-4-8(7)16-10;/h1-6,12H2,(H,13,14,15);1H. The molecular weight excluding hydrogens is 258 g/mol. The Morgan fingerprint density at radius 3 is 2.71 bits per heavy atom. The number of carbonyl (C=O) groups excluding carboxylic acids is 1. The minimum absolute atomic E-state index is 0. The molecule has 0 bridgehead atoms. The minimum atomic E-state index is -0.605. The van der Waals surface area contributed by atoms with E-state index in [0.29, 0.717) is 0 Å². The van der Waals surface area contributed by atoms with Crippen molar-refractivity contribution in [2.75, 3.05) is 5.32 Å². The third kappa shape index (κ3) is 2.46. The maximum absolute atomic E-state index is 11.7. The maximum Gasteiger partial charge on any atom is 0.246 e. The number of carbonyl (C=O) groups is 1. The van der Waals surface area contributed by atoms with Gasteiger partial charge in [0.2, 0.25) is 5.91 Å². The molecule has 1 fully saturated rings. The lowest BCUT2D eigenvalue weighted by Crippen LogP contribution is -2.37. The van der Waals surface area contributed by atoms with Crippen LogP contribution >= 0.6 is 23.7 Å². The van der Waals surface area contributed by atoms with Gasteiger partial charge in [0, 0.05) is 4.88 Å². The van der Waals surface area contributed by atoms with Crippen molar-refractivity contribution in [3.05, 3.63) is 10.6 Å². The van der Waals surface area contributed by atoms with Crippen LogP contribution in [0.5, 0.6) is 0 Å². The highest BCUT2D eigenvalue weighted by Crippen LogP contribution is 2.35. The monoisotopic (exact) mass is 273 g/mol. The summed E-state index contributed by atoms with van der Waals surface area (Å²) in [6.45, 7) is 0. The highest BCUT2D eigenvalue weighted by molar-refractivity contribution is 7.15. The molecule has 3 N–H and O–H groups in total. The fourth-order valence-corrected chi connectivity index (χ4v) is 3.03. The van der Waals surface area contributed by atoms with Gasteiger partial charge in [-0.15, -0.1) is 23.7 Å². The summed E-state index contributed by atoms with van der Waals surface area (Å²) >= 11 is 1.61. The quantitative estimate of drug-likeness (QED) is 0.864. The van der Waals surface area contributed by atoms with Crippen molar-refractivity contribution in [3.63, 3.8) is 0 Å². The summed E-state index contributed by atoms with van der Waals surface area (Å²) in [4.78, 5) is 17.5. The minimum Gasteiger partial charge on any atom is -0.317 e. The fraction of sp³-hybridized carbons (Fsp3) is 0.636. The van der Waals surface area contributed by atoms with Crippen LogP contribution in [0.4, 0.5) is 5.13 Å². The van der Waals surface area contributed by atoms with Crippen molar-refractivity contribution in [1.82, 2.24) is 4.98 Å². The fourth-order valence-electron chi connectivity index (χ4n) is 1.99. The topological polar surface area (TPSA) is 68.0 Å². The number of fused-ring (bicyclic) bond motifs is 1. The Bertz CT molecular complexity index is 418. The second-order valence-corrected chi connectivity index (χ2v) is 5.79. The molecular formula is C11H16ClN3OS. The first-order valence-corrected chi connectivity index (χ1v) is 6.58. The van der Waals surface area contributed by atoms with E-state index in [9.17, 15) is 4.79 Å². The summed E-state index contributed by atoms with van der Waals surface area (Å²) in [6, 6.07) is 0. The molecule has 1 saturated carbocycles. The molecule has 0 aliphatic heterocycles. The number of nitrogens with zero attached hydrogens (tertiary/aromatic N) is 1. The molecule has 2 aliphatic rings. The van der Waals surface area contributed by atoms with E-state index < -0.39 is 5.54 Å². The Hall–Kier alpha value is -0.650. The number of aryl methyl sites for hydroxylation is 2. The Morgan fingerprint density at radius 1 is 1.35 bits per heavy atom. The summed E-state index contributed by atoms with van der Waals surface area (Å²) in [5.74, 6) is -0.0707. The average Bonchev–Trinajstić information content (AvgIpc) is 2.90. The molecule has 17 heavy (non-hydrogen) atoms. The molecule has 4 nitrogen and oxygen atoms in total. The molecule has 1 heterocycles. The molecule has 1 aromatic heterocycles. The predicted octanol–water partition coefficient (Wildman–Crippen LogP) is 1.87. The number of anilines is 1. The summed E-state index contributed by atoms with van der Waals surface area (Å²) < 4.78 is 0. The van der Waals surface area contributed by atoms with E-state index >= 15 is 0 Å². The zero-order chi connectivity index (χ0) is 11.2. The normalized spacial score (nSPS) is 20.1. The summed E-state index contributed by atoms with van der Waals surface area (Å²) in [6.07, 6.45) is 6.20. The Balaban J connectivity index is 0.00000108. The van der Waals surface area contributed by atoms with Gasteiger partial charge < -0.3 is 11.1 Å². The Labute approximate surface area is 110 Å². The molecule has 3 rings (SSSR count). The number of nitrogens with two attached hydrogens (primary N) is 1. The maximum atomic E-state index is 11.7. The Kier molecular flexibility index (Phi) is 3.43. The highest BCUT2D eigenvalue weighted by Gasteiger charge is 2.46. The number of halogens is 1. The number of amides is 1. The molecule has 0 aromatic carbocycles. The third-order valence-electron chi connectivity index (χ3n) is 3.31. The van der Waals surface area contributed by atoms with E-state index in [1.165, 1.54) is 23.4 Å². The molecule has 0 spiro atoms. The third-order valence-corrected chi connectivity index (χ3v) is 4.38. The summed E-state index contributed by atoms with van der Waals surface area (Å²) in [5.41, 5.74) is 6.39. The van der Waals surface area contributed by atoms with E-state index in [1.54, 1.807) is 11.3 Å². The van der Waals surface area contributed by atoms with Crippen LogP contribution in [0.2, 0.25) is 0 Å². The molecule has 0 unspecified atom stereocenters. The second-order valence-electron chi connectivity index (χ2n) is 4.71. The van der Waals surface area contributed by atoms with Gasteiger partial charge >= 0.3 is 0 Å². The van der Waals surface area contributed by atoms with E-state index in [0.717, 1.165) is 30.8 Å². The summed E-state index contributed by atoms with van der Waals surface area (Å²) in [7, 11) is 0. The molecule has 94 valence electrons. The van der Waals surface area contributed by atoms with Crippen LogP contribution in [0.15, 0.2) is 0 Å². The van der Waals surface area contributed by atoms with Gasteiger partial charge in [-0.1, -0.05) is 0 Å². The van der Waals surface area contributed by atoms with Crippen LogP contribution in [-0.2, 0) is 17.6 Å². The van der Waals surface area contributed by atoms with Crippen molar-refractivity contribution < 1.29 is 4.79 Å². The van der Waals surface area contributed by atoms with Gasteiger partial charge in [0.05, 0.1) is 11.2 Å². The first-order valence-electron chi connectivity index (χ1n) is 5.76. The molecule has 2 aliphatic carbocycles. The lowest BCUT2D eigenvalue weighted by atomic mass is 10.0. The van der Waals surface area contributed by atoms with Gasteiger partial charge in [0.25, 0.3) is 0 Å². The first-order chi connectivity index (χ1) is 7.67. The largest absolute Gasteiger partial charge is 0.317 e. The lowest BCUT2D eigenvalue weighted by molar-refractivity contribution is -0.118. The molecule has 1 aromatic rings. The van der Waals surface area contributed by atoms with Gasteiger partial charge in [-0.25, -0.2) is 4.98 Å². The van der Waals surface area contributed by atoms with Gasteiger partial charge in [-0.05, 0) is 38.5 Å². The molecule has 0 saturated heterocycles. The zero-order valence-corrected chi connectivity index (χ0v) is 11.1. The van der Waals surface area contributed by atoms with E-state index in [4.69, 9.17) is 5.73 Å². The van der Waals surface area contributed by atoms with Crippen molar-refractivity contribution in [2.24, 2.45) is 5.73 Å². The SMILES string of the molecule is Cl.NC1(C(=O)Nc2nc3c(s2)CCCC3)CC1. The first kappa shape index (κ1) is 12.8. The number of hydrogen-bond acceptors (Lipinski definition) is 4. The van der Waals surface area contributed by atoms with Crippen molar-refractivity contribution >= 4 is 34.8 Å². The van der Waals surface area contributed by atoms with E-state index in [-0.39, 0.29) is 18.3 Å². The number of aromatic nitrogens is 1. The van der Waals surface area contributed by atoms with Crippen LogP contribution in [-0.4, -0.2) is 16.4 Å². The lowest BCUT2D eigenvalue weighted by Gasteiger charge is -2.06. The van der Waals surface area contributed by atoms with Crippen LogP contribution < -0.4 is 11.1 Å². The van der Waals surface area contributed by atoms with E-state index in [1.807, 2.05) is 0 Å². The molecule has 0 radical (unpaired) electrons. The van der Waals surface area contributed by atoms with Crippen molar-refractivity contribution in [3.8, 4) is 0 Å². The van der Waals surface area contributed by atoms with Crippen molar-refractivity contribution in [2.45, 2.75) is 44.1 Å². The number of hydrogen-bond donors (Lipinski definition) is 2. The number of thiazole rings is 1. The Morgan fingerprint density at radius 2 is 2.06 bits per heavy atom. The van der Waals surface area contributed by atoms with Crippen LogP contribution in [0.1, 0.15) is 36.3 Å². The average molecular weight is 274 g/mol. The van der Waals surface area contributed by atoms with Crippen LogP contribution in [0, 0.1) is 0 Å². The molecule has 1 amide bonds. The van der Waals surface area contributed by atoms with Crippen LogP contribution in [0.25, 0.3) is 0 Å². The van der Waals surface area contributed by atoms with E-state index in [2.05, 4.69) is 10.3 Å². The zero-order valence-electron chi connectivity index (χ0n) is 9.49. The highest BCUT2D eigenvalue weighted by atomic mass is 35.5. The summed E-state index contributed by atoms with van der Waals surface area (Å²) in [5, 5.41) is 3.58. The van der Waals surface area contributed by atoms with Crippen LogP contribution in [0.3, 0.4) is 0 Å². The van der Waals surface area contributed by atoms with Gasteiger partial charge in [0.15, 0.2) is 5.13 Å². The smallest absolute Gasteiger partial charge is 0.246 e. The second kappa shape index (κ2) is 4.55. The van der Waals surface area contributed by atoms with Crippen molar-refractivity contribution in [1.29, 1.82) is 0 Å². The number of rotatable bonds is 2. The predicted molar refractivity (Wildman–Crippen MR) is 70.8 cm³/mol. The van der Waals surface area contributed by atoms with Gasteiger partial charge in [-0.3, -0.25) is 4.79 Å². The van der Waals surface area contributed by atoms with Gasteiger partial charge in [-0.2, -0.15) is 0 Å². The molecule has 6 heteroatoms. The molecule has 0 atom stereocenters. The number of nitrogens with one attached hydrogen (secondary N) is 1.